The number of hydrogen-bond donors (Lipinski definition) is 0. The summed E-state index contributed by atoms with van der Waals surface area (Å²) in [6, 6.07) is 0. The lowest BCUT2D eigenvalue weighted by atomic mass is 9.99. The van der Waals surface area contributed by atoms with Crippen molar-refractivity contribution in [1.82, 2.24) is 9.80 Å². The number of nitrogens with zero attached hydrogens (tertiary/aromatic N) is 3. The Hall–Kier alpha value is -1.85. The summed E-state index contributed by atoms with van der Waals surface area (Å²) in [6.45, 7) is 5.24. The van der Waals surface area contributed by atoms with Crippen LogP contribution >= 0.6 is 0 Å². The lowest BCUT2D eigenvalue weighted by Crippen LogP contribution is -2.53. The molecule has 0 bridgehead atoms. The fraction of sp³-hybridized carbons (Fsp3) is 0.500. The highest BCUT2D eigenvalue weighted by molar-refractivity contribution is 6.20. The summed E-state index contributed by atoms with van der Waals surface area (Å²) in [5.74, 6) is -1.24. The number of amides is 2. The summed E-state index contributed by atoms with van der Waals surface area (Å²) in [6.07, 6.45) is 0. The first-order valence-corrected chi connectivity index (χ1v) is 4.73. The molecule has 2 amide bonds. The van der Waals surface area contributed by atoms with Gasteiger partial charge in [0, 0.05) is 14.1 Å². The van der Waals surface area contributed by atoms with Crippen LogP contribution < -0.4 is 0 Å². The summed E-state index contributed by atoms with van der Waals surface area (Å²) in [5.41, 5.74) is 0.337. The van der Waals surface area contributed by atoms with Crippen LogP contribution in [0.25, 0.3) is 0 Å². The van der Waals surface area contributed by atoms with E-state index >= 15 is 0 Å². The van der Waals surface area contributed by atoms with Gasteiger partial charge in [0.1, 0.15) is 12.9 Å². The Bertz CT molecular complexity index is 352. The quantitative estimate of drug-likeness (QED) is 0.378. The molecule has 0 atom stereocenters. The van der Waals surface area contributed by atoms with Crippen molar-refractivity contribution in [3.05, 3.63) is 12.4 Å². The van der Waals surface area contributed by atoms with Crippen molar-refractivity contribution in [2.75, 3.05) is 21.2 Å². The van der Waals surface area contributed by atoms with Crippen LogP contribution in [0.1, 0.15) is 6.92 Å². The van der Waals surface area contributed by atoms with Gasteiger partial charge in [-0.25, -0.2) is 0 Å². The van der Waals surface area contributed by atoms with Crippen LogP contribution in [0, 0.1) is 5.92 Å². The molecule has 0 aromatic rings. The molecule has 6 heteroatoms. The number of hydrogen-bond acceptors (Lipinski definition) is 4. The van der Waals surface area contributed by atoms with Crippen LogP contribution in [-0.4, -0.2) is 48.5 Å². The van der Waals surface area contributed by atoms with Crippen molar-refractivity contribution in [1.29, 1.82) is 0 Å². The van der Waals surface area contributed by atoms with Gasteiger partial charge in [-0.15, -0.1) is 0 Å². The molecule has 0 spiro atoms. The Labute approximate surface area is 94.1 Å². The van der Waals surface area contributed by atoms with E-state index in [0.717, 1.165) is 0 Å². The molecule has 16 heavy (non-hydrogen) atoms. The zero-order valence-corrected chi connectivity index (χ0v) is 9.85. The average molecular weight is 225 g/mol. The van der Waals surface area contributed by atoms with Crippen molar-refractivity contribution in [2.45, 2.75) is 6.92 Å². The van der Waals surface area contributed by atoms with Crippen LogP contribution in [0.3, 0.4) is 0 Å². The first-order chi connectivity index (χ1) is 7.41. The van der Waals surface area contributed by atoms with Gasteiger partial charge in [-0.3, -0.25) is 9.59 Å². The van der Waals surface area contributed by atoms with Crippen molar-refractivity contribution >= 4 is 17.5 Å². The Morgan fingerprint density at radius 3 is 2.12 bits per heavy atom. The van der Waals surface area contributed by atoms with Crippen LogP contribution in [-0.2, 0) is 14.4 Å². The molecule has 0 saturated carbocycles. The third-order valence-electron chi connectivity index (χ3n) is 2.58. The van der Waals surface area contributed by atoms with Gasteiger partial charge in [-0.05, 0) is 6.92 Å². The maximum Gasteiger partial charge on any atom is 0.246 e. The number of rotatable bonds is 2. The van der Waals surface area contributed by atoms with Gasteiger partial charge in [0.15, 0.2) is 5.92 Å². The summed E-state index contributed by atoms with van der Waals surface area (Å²) >= 11 is 0. The predicted molar refractivity (Wildman–Crippen MR) is 58.3 cm³/mol. The second-order valence-corrected chi connectivity index (χ2v) is 3.56. The van der Waals surface area contributed by atoms with E-state index < -0.39 is 5.92 Å². The molecule has 1 fully saturated rings. The molecule has 0 unspecified atom stereocenters. The van der Waals surface area contributed by atoms with E-state index in [2.05, 4.69) is 16.6 Å². The molecule has 0 aromatic carbocycles. The summed E-state index contributed by atoms with van der Waals surface area (Å²) in [5, 5.41) is 3.64. The van der Waals surface area contributed by atoms with Crippen molar-refractivity contribution in [2.24, 2.45) is 11.1 Å². The number of carbonyl (C=O) groups is 2. The third-order valence-corrected chi connectivity index (χ3v) is 2.58. The second kappa shape index (κ2) is 4.34. The highest BCUT2D eigenvalue weighted by Gasteiger charge is 2.41. The highest BCUT2D eigenvalue weighted by Crippen LogP contribution is 2.21. The molecule has 0 N–H and O–H groups in total. The SMILES string of the molecule is C=C1N(C)C(=O)C(/C(C)=N/OC)C(=O)N1C. The van der Waals surface area contributed by atoms with Crippen molar-refractivity contribution in [3.63, 3.8) is 0 Å². The molecule has 0 aromatic heterocycles. The smallest absolute Gasteiger partial charge is 0.246 e. The van der Waals surface area contributed by atoms with Gasteiger partial charge in [0.25, 0.3) is 0 Å². The highest BCUT2D eigenvalue weighted by atomic mass is 16.6. The first-order valence-electron chi connectivity index (χ1n) is 4.73. The maximum absolute atomic E-state index is 11.9. The van der Waals surface area contributed by atoms with Gasteiger partial charge < -0.3 is 14.6 Å². The Balaban J connectivity index is 3.10. The molecular weight excluding hydrogens is 210 g/mol. The zero-order chi connectivity index (χ0) is 12.5. The minimum atomic E-state index is -0.916. The van der Waals surface area contributed by atoms with Gasteiger partial charge in [0.05, 0.1) is 5.71 Å². The molecule has 1 saturated heterocycles. The van der Waals surface area contributed by atoms with E-state index in [1.807, 2.05) is 0 Å². The van der Waals surface area contributed by atoms with Gasteiger partial charge in [-0.1, -0.05) is 11.7 Å². The van der Waals surface area contributed by atoms with Gasteiger partial charge in [0.2, 0.25) is 11.8 Å². The summed E-state index contributed by atoms with van der Waals surface area (Å²) < 4.78 is 0. The minimum Gasteiger partial charge on any atom is -0.399 e. The molecule has 1 rings (SSSR count). The van der Waals surface area contributed by atoms with E-state index in [0.29, 0.717) is 11.5 Å². The van der Waals surface area contributed by atoms with Crippen LogP contribution in [0.4, 0.5) is 0 Å². The van der Waals surface area contributed by atoms with Crippen molar-refractivity contribution < 1.29 is 14.4 Å². The Morgan fingerprint density at radius 1 is 1.31 bits per heavy atom. The molecule has 6 nitrogen and oxygen atoms in total. The fourth-order valence-electron chi connectivity index (χ4n) is 1.53. The summed E-state index contributed by atoms with van der Waals surface area (Å²) in [4.78, 5) is 31.0. The maximum atomic E-state index is 11.9. The largest absolute Gasteiger partial charge is 0.399 e. The minimum absolute atomic E-state index is 0.337. The van der Waals surface area contributed by atoms with E-state index in [1.165, 1.54) is 16.9 Å². The number of oxime groups is 1. The normalized spacial score (nSPS) is 19.5. The fourth-order valence-corrected chi connectivity index (χ4v) is 1.53. The first kappa shape index (κ1) is 12.2. The van der Waals surface area contributed by atoms with Gasteiger partial charge >= 0.3 is 0 Å². The lowest BCUT2D eigenvalue weighted by Gasteiger charge is -2.36. The molecule has 1 heterocycles. The summed E-state index contributed by atoms with van der Waals surface area (Å²) in [7, 11) is 4.51. The van der Waals surface area contributed by atoms with Crippen LogP contribution in [0.2, 0.25) is 0 Å². The molecule has 0 aliphatic carbocycles. The van der Waals surface area contributed by atoms with Crippen LogP contribution in [0.15, 0.2) is 17.6 Å². The van der Waals surface area contributed by atoms with E-state index in [-0.39, 0.29) is 11.8 Å². The third kappa shape index (κ3) is 1.78. The monoisotopic (exact) mass is 225 g/mol. The van der Waals surface area contributed by atoms with E-state index in [9.17, 15) is 9.59 Å². The van der Waals surface area contributed by atoms with E-state index in [4.69, 9.17) is 0 Å². The second-order valence-electron chi connectivity index (χ2n) is 3.56. The standard InChI is InChI=1S/C10H15N3O3/c1-6(11-16-5)8-9(14)12(3)7(2)13(4)10(8)15/h8H,2H2,1,3-5H3/b11-6+. The molecule has 0 radical (unpaired) electrons. The molecule has 1 aliphatic rings. The lowest BCUT2D eigenvalue weighted by molar-refractivity contribution is -0.147. The Kier molecular flexibility index (Phi) is 3.31. The predicted octanol–water partition coefficient (Wildman–Crippen LogP) is 0.0265. The Morgan fingerprint density at radius 2 is 1.75 bits per heavy atom. The number of carbonyl (C=O) groups excluding carboxylic acids is 2. The molecule has 1 aliphatic heterocycles. The topological polar surface area (TPSA) is 62.2 Å². The average Bonchev–Trinajstić information content (AvgIpc) is 2.24. The van der Waals surface area contributed by atoms with Crippen LogP contribution in [0.5, 0.6) is 0 Å². The molecular formula is C10H15N3O3. The van der Waals surface area contributed by atoms with Crippen molar-refractivity contribution in [3.8, 4) is 0 Å². The van der Waals surface area contributed by atoms with Gasteiger partial charge in [-0.2, -0.15) is 0 Å². The zero-order valence-electron chi connectivity index (χ0n) is 9.85. The van der Waals surface area contributed by atoms with E-state index in [1.54, 1.807) is 21.0 Å². The molecule has 88 valence electrons.